The SMILES string of the molecule is COc1ccc(CN(CCN2CCOCC2)C[C@H](O)COc2ccccc2)cc1. The van der Waals surface area contributed by atoms with Crippen LogP contribution in [0.25, 0.3) is 0 Å². The number of benzene rings is 2. The van der Waals surface area contributed by atoms with Crippen molar-refractivity contribution in [3.8, 4) is 11.5 Å². The lowest BCUT2D eigenvalue weighted by Crippen LogP contribution is -2.43. The van der Waals surface area contributed by atoms with Gasteiger partial charge in [-0.1, -0.05) is 30.3 Å². The highest BCUT2D eigenvalue weighted by Crippen LogP contribution is 2.14. The van der Waals surface area contributed by atoms with E-state index in [9.17, 15) is 5.11 Å². The van der Waals surface area contributed by atoms with Crippen LogP contribution in [0.1, 0.15) is 5.56 Å². The predicted molar refractivity (Wildman–Crippen MR) is 113 cm³/mol. The van der Waals surface area contributed by atoms with Crippen LogP contribution >= 0.6 is 0 Å². The van der Waals surface area contributed by atoms with Gasteiger partial charge in [-0.25, -0.2) is 0 Å². The monoisotopic (exact) mass is 400 g/mol. The molecule has 1 heterocycles. The van der Waals surface area contributed by atoms with E-state index < -0.39 is 6.10 Å². The number of methoxy groups -OCH3 is 1. The minimum absolute atomic E-state index is 0.278. The van der Waals surface area contributed by atoms with Crippen molar-refractivity contribution in [1.29, 1.82) is 0 Å². The molecule has 158 valence electrons. The first-order valence-electron chi connectivity index (χ1n) is 10.2. The lowest BCUT2D eigenvalue weighted by atomic mass is 10.2. The summed E-state index contributed by atoms with van der Waals surface area (Å²) in [5.41, 5.74) is 1.20. The molecule has 1 saturated heterocycles. The average molecular weight is 401 g/mol. The molecule has 1 fully saturated rings. The maximum atomic E-state index is 10.6. The second-order valence-electron chi connectivity index (χ2n) is 7.32. The van der Waals surface area contributed by atoms with E-state index in [1.165, 1.54) is 5.56 Å². The fourth-order valence-electron chi connectivity index (χ4n) is 3.39. The van der Waals surface area contributed by atoms with E-state index in [1.807, 2.05) is 42.5 Å². The number of hydrogen-bond donors (Lipinski definition) is 1. The first-order chi connectivity index (χ1) is 14.2. The minimum Gasteiger partial charge on any atom is -0.497 e. The van der Waals surface area contributed by atoms with E-state index in [1.54, 1.807) is 7.11 Å². The van der Waals surface area contributed by atoms with Crippen LogP contribution in [0.4, 0.5) is 0 Å². The zero-order valence-corrected chi connectivity index (χ0v) is 17.2. The number of nitrogens with zero attached hydrogens (tertiary/aromatic N) is 2. The third kappa shape index (κ3) is 7.66. The van der Waals surface area contributed by atoms with Crippen LogP contribution in [0.15, 0.2) is 54.6 Å². The van der Waals surface area contributed by atoms with E-state index in [-0.39, 0.29) is 6.61 Å². The van der Waals surface area contributed by atoms with E-state index in [2.05, 4.69) is 21.9 Å². The maximum Gasteiger partial charge on any atom is 0.119 e. The summed E-state index contributed by atoms with van der Waals surface area (Å²) in [5.74, 6) is 1.63. The molecule has 0 spiro atoms. The first-order valence-corrected chi connectivity index (χ1v) is 10.2. The Morgan fingerprint density at radius 1 is 1.03 bits per heavy atom. The van der Waals surface area contributed by atoms with E-state index in [0.717, 1.165) is 57.4 Å². The Hall–Kier alpha value is -2.12. The molecule has 1 aliphatic heterocycles. The lowest BCUT2D eigenvalue weighted by Gasteiger charge is -2.31. The second-order valence-corrected chi connectivity index (χ2v) is 7.32. The van der Waals surface area contributed by atoms with Gasteiger partial charge in [0.25, 0.3) is 0 Å². The third-order valence-electron chi connectivity index (χ3n) is 5.06. The molecule has 0 amide bonds. The Morgan fingerprint density at radius 2 is 1.76 bits per heavy atom. The van der Waals surface area contributed by atoms with Crippen molar-refractivity contribution >= 4 is 0 Å². The Kier molecular flexibility index (Phi) is 8.77. The molecule has 3 rings (SSSR count). The van der Waals surface area contributed by atoms with Gasteiger partial charge in [0, 0.05) is 39.3 Å². The number of rotatable bonds is 11. The zero-order chi connectivity index (χ0) is 20.3. The van der Waals surface area contributed by atoms with Crippen molar-refractivity contribution in [3.05, 3.63) is 60.2 Å². The van der Waals surface area contributed by atoms with Gasteiger partial charge in [0.2, 0.25) is 0 Å². The summed E-state index contributed by atoms with van der Waals surface area (Å²) in [5, 5.41) is 10.6. The van der Waals surface area contributed by atoms with Crippen LogP contribution in [0.3, 0.4) is 0 Å². The first kappa shape index (κ1) is 21.6. The van der Waals surface area contributed by atoms with E-state index in [4.69, 9.17) is 14.2 Å². The van der Waals surface area contributed by atoms with Crippen LogP contribution in [-0.2, 0) is 11.3 Å². The smallest absolute Gasteiger partial charge is 0.119 e. The number of aliphatic hydroxyl groups is 1. The predicted octanol–water partition coefficient (Wildman–Crippen LogP) is 2.27. The molecule has 1 atom stereocenters. The molecular weight excluding hydrogens is 368 g/mol. The van der Waals surface area contributed by atoms with Crippen LogP contribution in [0, 0.1) is 0 Å². The minimum atomic E-state index is -0.557. The van der Waals surface area contributed by atoms with Gasteiger partial charge in [0.15, 0.2) is 0 Å². The summed E-state index contributed by atoms with van der Waals surface area (Å²) in [6, 6.07) is 17.7. The topological polar surface area (TPSA) is 54.4 Å². The van der Waals surface area contributed by atoms with Gasteiger partial charge in [-0.2, -0.15) is 0 Å². The molecule has 29 heavy (non-hydrogen) atoms. The van der Waals surface area contributed by atoms with Crippen molar-refractivity contribution < 1.29 is 19.3 Å². The molecule has 1 aliphatic rings. The van der Waals surface area contributed by atoms with Crippen LogP contribution in [0.2, 0.25) is 0 Å². The molecule has 0 aliphatic carbocycles. The normalized spacial score (nSPS) is 16.0. The number of morpholine rings is 1. The second kappa shape index (κ2) is 11.8. The van der Waals surface area contributed by atoms with Gasteiger partial charge >= 0.3 is 0 Å². The quantitative estimate of drug-likeness (QED) is 0.625. The van der Waals surface area contributed by atoms with Gasteiger partial charge in [0.1, 0.15) is 24.2 Å². The fraction of sp³-hybridized carbons (Fsp3) is 0.478. The Labute approximate surface area is 173 Å². The molecule has 2 aromatic carbocycles. The molecular formula is C23H32N2O4. The number of para-hydroxylation sites is 1. The molecule has 0 radical (unpaired) electrons. The van der Waals surface area contributed by atoms with Gasteiger partial charge in [-0.05, 0) is 29.8 Å². The summed E-state index contributed by atoms with van der Waals surface area (Å²) < 4.78 is 16.4. The molecule has 0 unspecified atom stereocenters. The summed E-state index contributed by atoms with van der Waals surface area (Å²) in [4.78, 5) is 4.70. The Balaban J connectivity index is 1.54. The largest absolute Gasteiger partial charge is 0.497 e. The number of hydrogen-bond acceptors (Lipinski definition) is 6. The summed E-state index contributed by atoms with van der Waals surface area (Å²) >= 11 is 0. The zero-order valence-electron chi connectivity index (χ0n) is 17.2. The van der Waals surface area contributed by atoms with E-state index in [0.29, 0.717) is 6.54 Å². The summed E-state index contributed by atoms with van der Waals surface area (Å²) in [6.45, 7) is 6.99. The van der Waals surface area contributed by atoms with Crippen LogP contribution in [-0.4, -0.2) is 80.7 Å². The van der Waals surface area contributed by atoms with Crippen molar-refractivity contribution in [2.24, 2.45) is 0 Å². The van der Waals surface area contributed by atoms with Gasteiger partial charge in [-0.3, -0.25) is 9.80 Å². The van der Waals surface area contributed by atoms with Crippen LogP contribution in [0.5, 0.6) is 11.5 Å². The van der Waals surface area contributed by atoms with Crippen LogP contribution < -0.4 is 9.47 Å². The van der Waals surface area contributed by atoms with Gasteiger partial charge < -0.3 is 19.3 Å². The summed E-state index contributed by atoms with van der Waals surface area (Å²) in [7, 11) is 1.67. The maximum absolute atomic E-state index is 10.6. The third-order valence-corrected chi connectivity index (χ3v) is 5.06. The molecule has 6 nitrogen and oxygen atoms in total. The standard InChI is InChI=1S/C23H32N2O4/c1-27-22-9-7-20(8-10-22)17-25(12-11-24-13-15-28-16-14-24)18-21(26)19-29-23-5-3-2-4-6-23/h2-10,21,26H,11-19H2,1H3/t21-/m0/s1. The number of ether oxygens (including phenoxy) is 3. The Morgan fingerprint density at radius 3 is 2.45 bits per heavy atom. The van der Waals surface area contributed by atoms with E-state index >= 15 is 0 Å². The molecule has 0 bridgehead atoms. The molecule has 1 N–H and O–H groups in total. The van der Waals surface area contributed by atoms with Gasteiger partial charge in [-0.15, -0.1) is 0 Å². The fourth-order valence-corrected chi connectivity index (χ4v) is 3.39. The highest BCUT2D eigenvalue weighted by atomic mass is 16.5. The number of aliphatic hydroxyl groups excluding tert-OH is 1. The van der Waals surface area contributed by atoms with Crippen molar-refractivity contribution in [3.63, 3.8) is 0 Å². The van der Waals surface area contributed by atoms with Crippen molar-refractivity contribution in [2.75, 3.05) is 59.7 Å². The lowest BCUT2D eigenvalue weighted by molar-refractivity contribution is 0.0256. The highest BCUT2D eigenvalue weighted by molar-refractivity contribution is 5.27. The highest BCUT2D eigenvalue weighted by Gasteiger charge is 2.16. The Bertz CT molecular complexity index is 690. The summed E-state index contributed by atoms with van der Waals surface area (Å²) in [6.07, 6.45) is -0.557. The average Bonchev–Trinajstić information content (AvgIpc) is 2.78. The molecule has 6 heteroatoms. The molecule has 2 aromatic rings. The molecule has 0 saturated carbocycles. The van der Waals surface area contributed by atoms with Crippen molar-refractivity contribution in [1.82, 2.24) is 9.80 Å². The molecule has 0 aromatic heterocycles. The van der Waals surface area contributed by atoms with Crippen molar-refractivity contribution in [2.45, 2.75) is 12.6 Å². The van der Waals surface area contributed by atoms with Gasteiger partial charge in [0.05, 0.1) is 20.3 Å².